The van der Waals surface area contributed by atoms with Crippen molar-refractivity contribution in [3.8, 4) is 0 Å². The first-order valence-electron chi connectivity index (χ1n) is 6.01. The molecule has 3 N–H and O–H groups in total. The molecule has 20 heavy (non-hydrogen) atoms. The van der Waals surface area contributed by atoms with E-state index < -0.39 is 23.7 Å². The second-order valence-corrected chi connectivity index (χ2v) is 6.03. The van der Waals surface area contributed by atoms with Gasteiger partial charge in [-0.2, -0.15) is 24.9 Å². The van der Waals surface area contributed by atoms with E-state index in [4.69, 9.17) is 5.11 Å². The van der Waals surface area contributed by atoms with Gasteiger partial charge < -0.3 is 15.7 Å². The Hall–Kier alpha value is -1.12. The summed E-state index contributed by atoms with van der Waals surface area (Å²) in [6, 6.07) is -1.34. The molecule has 0 aromatic carbocycles. The lowest BCUT2D eigenvalue weighted by molar-refractivity contribution is -0.203. The maximum absolute atomic E-state index is 12.7. The Morgan fingerprint density at radius 3 is 2.30 bits per heavy atom. The summed E-state index contributed by atoms with van der Waals surface area (Å²) in [6.07, 6.45) is -0.924. The van der Waals surface area contributed by atoms with Crippen LogP contribution < -0.4 is 10.6 Å². The van der Waals surface area contributed by atoms with Crippen LogP contribution in [-0.2, 0) is 4.79 Å². The van der Waals surface area contributed by atoms with Crippen molar-refractivity contribution >= 4 is 23.8 Å². The molecule has 1 saturated carbocycles. The van der Waals surface area contributed by atoms with E-state index in [0.717, 1.165) is 6.42 Å². The van der Waals surface area contributed by atoms with E-state index in [0.29, 0.717) is 25.0 Å². The molecule has 5 nitrogen and oxygen atoms in total. The zero-order valence-corrected chi connectivity index (χ0v) is 11.9. The zero-order valence-electron chi connectivity index (χ0n) is 11.1. The molecule has 0 aliphatic heterocycles. The molecule has 0 bridgehead atoms. The van der Waals surface area contributed by atoms with Crippen molar-refractivity contribution in [1.82, 2.24) is 10.6 Å². The van der Waals surface area contributed by atoms with Crippen LogP contribution in [0.3, 0.4) is 0 Å². The minimum absolute atomic E-state index is 0.223. The number of thioether (sulfide) groups is 1. The minimum Gasteiger partial charge on any atom is -0.479 e. The lowest BCUT2D eigenvalue weighted by atomic mass is 10.0. The largest absolute Gasteiger partial charge is 0.479 e. The van der Waals surface area contributed by atoms with Crippen LogP contribution in [0, 0.1) is 0 Å². The Labute approximate surface area is 118 Å². The maximum Gasteiger partial charge on any atom is 0.422 e. The molecular formula is C11H17F3N2O3S. The van der Waals surface area contributed by atoms with Gasteiger partial charge in [-0.05, 0) is 32.4 Å². The van der Waals surface area contributed by atoms with Crippen LogP contribution >= 0.6 is 11.8 Å². The van der Waals surface area contributed by atoms with Gasteiger partial charge in [0.1, 0.15) is 0 Å². The normalized spacial score (nSPS) is 25.9. The first-order valence-corrected chi connectivity index (χ1v) is 7.30. The van der Waals surface area contributed by atoms with Crippen LogP contribution in [0.25, 0.3) is 0 Å². The van der Waals surface area contributed by atoms with Gasteiger partial charge in [0.15, 0.2) is 0 Å². The minimum atomic E-state index is -5.08. The quantitative estimate of drug-likeness (QED) is 0.741. The molecule has 1 fully saturated rings. The van der Waals surface area contributed by atoms with E-state index >= 15 is 0 Å². The fourth-order valence-electron chi connectivity index (χ4n) is 1.98. The third kappa shape index (κ3) is 3.71. The Morgan fingerprint density at radius 1 is 1.30 bits per heavy atom. The predicted molar refractivity (Wildman–Crippen MR) is 68.7 cm³/mol. The van der Waals surface area contributed by atoms with Gasteiger partial charge in [-0.25, -0.2) is 9.59 Å². The SMILES string of the molecule is CSC1CCC(NC(=O)NC(C)(C(=O)O)C(F)(F)F)C1. The Bertz CT molecular complexity index is 392. The second-order valence-electron chi connectivity index (χ2n) is 4.89. The van der Waals surface area contributed by atoms with Crippen LogP contribution in [0.2, 0.25) is 0 Å². The van der Waals surface area contributed by atoms with E-state index in [1.807, 2.05) is 6.26 Å². The number of carboxylic acid groups (broad SMARTS) is 1. The number of hydrogen-bond donors (Lipinski definition) is 3. The van der Waals surface area contributed by atoms with Gasteiger partial charge in [-0.3, -0.25) is 0 Å². The molecule has 0 aromatic rings. The highest BCUT2D eigenvalue weighted by atomic mass is 32.2. The number of carbonyl (C=O) groups is 2. The van der Waals surface area contributed by atoms with E-state index in [9.17, 15) is 22.8 Å². The Kier molecular flexibility index (Phi) is 5.17. The van der Waals surface area contributed by atoms with Crippen molar-refractivity contribution in [2.45, 2.75) is 49.2 Å². The average molecular weight is 314 g/mol. The molecule has 9 heteroatoms. The number of nitrogens with one attached hydrogen (secondary N) is 2. The van der Waals surface area contributed by atoms with Gasteiger partial charge in [0, 0.05) is 11.3 Å². The summed E-state index contributed by atoms with van der Waals surface area (Å²) in [6.45, 7) is 0.425. The van der Waals surface area contributed by atoms with Crippen molar-refractivity contribution < 1.29 is 27.9 Å². The summed E-state index contributed by atoms with van der Waals surface area (Å²) >= 11 is 1.64. The smallest absolute Gasteiger partial charge is 0.422 e. The van der Waals surface area contributed by atoms with Crippen molar-refractivity contribution in [3.63, 3.8) is 0 Å². The van der Waals surface area contributed by atoms with Gasteiger partial charge in [0.2, 0.25) is 5.54 Å². The summed E-state index contributed by atoms with van der Waals surface area (Å²) in [5, 5.41) is 13.0. The average Bonchev–Trinajstić information content (AvgIpc) is 2.74. The summed E-state index contributed by atoms with van der Waals surface area (Å²) in [5.41, 5.74) is -3.30. The number of alkyl halides is 3. The molecule has 0 spiro atoms. The number of aliphatic carboxylic acids is 1. The highest BCUT2D eigenvalue weighted by molar-refractivity contribution is 7.99. The van der Waals surface area contributed by atoms with Crippen LogP contribution in [0.4, 0.5) is 18.0 Å². The summed E-state index contributed by atoms with van der Waals surface area (Å²) in [5.74, 6) is -2.14. The van der Waals surface area contributed by atoms with Gasteiger partial charge in [0.25, 0.3) is 0 Å². The monoisotopic (exact) mass is 314 g/mol. The highest BCUT2D eigenvalue weighted by Gasteiger charge is 2.58. The van der Waals surface area contributed by atoms with E-state index in [1.165, 1.54) is 5.32 Å². The number of urea groups is 1. The van der Waals surface area contributed by atoms with Crippen molar-refractivity contribution in [3.05, 3.63) is 0 Å². The number of carboxylic acids is 1. The molecule has 0 radical (unpaired) electrons. The van der Waals surface area contributed by atoms with Crippen LogP contribution in [0.5, 0.6) is 0 Å². The molecule has 0 aromatic heterocycles. The Morgan fingerprint density at radius 2 is 1.90 bits per heavy atom. The van der Waals surface area contributed by atoms with Crippen LogP contribution in [0.1, 0.15) is 26.2 Å². The van der Waals surface area contributed by atoms with E-state index in [2.05, 4.69) is 5.32 Å². The molecule has 0 saturated heterocycles. The van der Waals surface area contributed by atoms with Crippen molar-refractivity contribution in [2.75, 3.05) is 6.26 Å². The predicted octanol–water partition coefficient (Wildman–Crippen LogP) is 1.98. The first kappa shape index (κ1) is 16.9. The van der Waals surface area contributed by atoms with Crippen LogP contribution in [0.15, 0.2) is 0 Å². The topological polar surface area (TPSA) is 78.4 Å². The number of carbonyl (C=O) groups excluding carboxylic acids is 1. The van der Waals surface area contributed by atoms with E-state index in [-0.39, 0.29) is 6.04 Å². The van der Waals surface area contributed by atoms with Gasteiger partial charge in [-0.15, -0.1) is 0 Å². The molecular weight excluding hydrogens is 297 g/mol. The second kappa shape index (κ2) is 6.11. The lowest BCUT2D eigenvalue weighted by Gasteiger charge is -2.29. The maximum atomic E-state index is 12.7. The lowest BCUT2D eigenvalue weighted by Crippen LogP contribution is -2.64. The van der Waals surface area contributed by atoms with Gasteiger partial charge >= 0.3 is 18.2 Å². The number of hydrogen-bond acceptors (Lipinski definition) is 3. The Balaban J connectivity index is 2.63. The summed E-state index contributed by atoms with van der Waals surface area (Å²) in [4.78, 5) is 22.3. The standard InChI is InChI=1S/C11H17F3N2O3S/c1-10(8(17)18,11(12,13)14)16-9(19)15-6-3-4-7(5-6)20-2/h6-7H,3-5H2,1-2H3,(H,17,18)(H2,15,16,19). The highest BCUT2D eigenvalue weighted by Crippen LogP contribution is 2.31. The molecule has 116 valence electrons. The number of amides is 2. The third-order valence-electron chi connectivity index (χ3n) is 3.41. The third-order valence-corrected chi connectivity index (χ3v) is 4.51. The van der Waals surface area contributed by atoms with E-state index in [1.54, 1.807) is 11.8 Å². The van der Waals surface area contributed by atoms with Crippen LogP contribution in [-0.4, -0.2) is 46.4 Å². The molecule has 0 heterocycles. The summed E-state index contributed by atoms with van der Waals surface area (Å²) in [7, 11) is 0. The van der Waals surface area contributed by atoms with Crippen molar-refractivity contribution in [2.24, 2.45) is 0 Å². The van der Waals surface area contributed by atoms with Crippen molar-refractivity contribution in [1.29, 1.82) is 0 Å². The molecule has 1 aliphatic carbocycles. The van der Waals surface area contributed by atoms with Gasteiger partial charge in [-0.1, -0.05) is 0 Å². The fraction of sp³-hybridized carbons (Fsp3) is 0.818. The fourth-order valence-corrected chi connectivity index (χ4v) is 2.78. The number of rotatable bonds is 4. The number of halogens is 3. The molecule has 1 aliphatic rings. The molecule has 3 atom stereocenters. The molecule has 1 rings (SSSR count). The van der Waals surface area contributed by atoms with Gasteiger partial charge in [0.05, 0.1) is 0 Å². The summed E-state index contributed by atoms with van der Waals surface area (Å²) < 4.78 is 38.2. The molecule has 3 unspecified atom stereocenters. The molecule has 2 amide bonds. The first-order chi connectivity index (χ1) is 9.10. The zero-order chi connectivity index (χ0) is 15.6.